The maximum absolute atomic E-state index is 13.4. The molecule has 0 radical (unpaired) electrons. The molecule has 0 aromatic heterocycles. The molecule has 0 aliphatic carbocycles. The lowest BCUT2D eigenvalue weighted by Crippen LogP contribution is -2.58. The molecule has 1 amide bonds. The molecule has 1 N–H and O–H groups in total. The van der Waals surface area contributed by atoms with E-state index in [4.69, 9.17) is 21.7 Å². The van der Waals surface area contributed by atoms with E-state index in [1.165, 1.54) is 14.2 Å². The Morgan fingerprint density at radius 1 is 1.03 bits per heavy atom. The van der Waals surface area contributed by atoms with Gasteiger partial charge in [-0.05, 0) is 48.7 Å². The molecule has 2 aromatic carbocycles. The summed E-state index contributed by atoms with van der Waals surface area (Å²) in [5.74, 6) is -1.99. The van der Waals surface area contributed by atoms with Crippen molar-refractivity contribution in [2.24, 2.45) is 11.8 Å². The predicted octanol–water partition coefficient (Wildman–Crippen LogP) is 3.90. The molecule has 1 fully saturated rings. The van der Waals surface area contributed by atoms with Crippen LogP contribution in [-0.4, -0.2) is 47.6 Å². The summed E-state index contributed by atoms with van der Waals surface area (Å²) in [6.07, 6.45) is 0.517. The van der Waals surface area contributed by atoms with Gasteiger partial charge < -0.3 is 14.4 Å². The van der Waals surface area contributed by atoms with Crippen LogP contribution >= 0.6 is 12.2 Å². The largest absolute Gasteiger partial charge is 0.469 e. The third-order valence-corrected chi connectivity index (χ3v) is 6.41. The quantitative estimate of drug-likeness (QED) is 0.494. The Bertz CT molecular complexity index is 1040. The van der Waals surface area contributed by atoms with Crippen molar-refractivity contribution in [3.63, 3.8) is 0 Å². The van der Waals surface area contributed by atoms with Gasteiger partial charge >= 0.3 is 11.9 Å². The van der Waals surface area contributed by atoms with E-state index in [2.05, 4.69) is 5.32 Å². The highest BCUT2D eigenvalue weighted by atomic mass is 32.1. The highest BCUT2D eigenvalue weighted by molar-refractivity contribution is 7.80. The third kappa shape index (κ3) is 4.97. The van der Waals surface area contributed by atoms with E-state index >= 15 is 0 Å². The van der Waals surface area contributed by atoms with Crippen LogP contribution in [0.1, 0.15) is 48.7 Å². The van der Waals surface area contributed by atoms with E-state index in [1.807, 2.05) is 50.2 Å². The molecule has 1 heterocycles. The van der Waals surface area contributed by atoms with Crippen molar-refractivity contribution in [1.82, 2.24) is 10.2 Å². The number of hydrogen-bond acceptors (Lipinski definition) is 6. The second kappa shape index (κ2) is 10.8. The smallest absolute Gasteiger partial charge is 0.331 e. The lowest BCUT2D eigenvalue weighted by molar-refractivity contribution is -0.153. The van der Waals surface area contributed by atoms with Gasteiger partial charge in [0.1, 0.15) is 5.54 Å². The van der Waals surface area contributed by atoms with Crippen molar-refractivity contribution in [2.45, 2.75) is 38.3 Å². The van der Waals surface area contributed by atoms with Crippen LogP contribution in [0.4, 0.5) is 0 Å². The van der Waals surface area contributed by atoms with Gasteiger partial charge in [-0.3, -0.25) is 14.9 Å². The number of rotatable bonds is 6. The van der Waals surface area contributed by atoms with Gasteiger partial charge in [0.2, 0.25) is 0 Å². The average Bonchev–Trinajstić information content (AvgIpc) is 3.19. The molecule has 0 saturated carbocycles. The van der Waals surface area contributed by atoms with Crippen molar-refractivity contribution in [3.8, 4) is 0 Å². The van der Waals surface area contributed by atoms with Gasteiger partial charge in [-0.15, -0.1) is 0 Å². The first-order chi connectivity index (χ1) is 16.2. The van der Waals surface area contributed by atoms with Crippen LogP contribution in [0.3, 0.4) is 0 Å². The number of benzene rings is 2. The molecule has 0 bridgehead atoms. The Morgan fingerprint density at radius 2 is 1.62 bits per heavy atom. The Labute approximate surface area is 205 Å². The van der Waals surface area contributed by atoms with Crippen molar-refractivity contribution in [1.29, 1.82) is 0 Å². The zero-order valence-electron chi connectivity index (χ0n) is 19.8. The zero-order chi connectivity index (χ0) is 24.9. The fraction of sp³-hybridized carbons (Fsp3) is 0.385. The summed E-state index contributed by atoms with van der Waals surface area (Å²) in [7, 11) is 2.64. The highest BCUT2D eigenvalue weighted by Gasteiger charge is 2.60. The summed E-state index contributed by atoms with van der Waals surface area (Å²) in [6, 6.07) is 17.4. The SMILES string of the molecule is COC(=O)[C@H]1C[C@@](CC(C)C)(C(=O)OC)N(C(=S)NC(=O)c2ccccc2)[C@H]1c1ccccc1. The van der Waals surface area contributed by atoms with Crippen molar-refractivity contribution >= 4 is 35.2 Å². The number of nitrogens with one attached hydrogen (secondary N) is 1. The number of esters is 2. The van der Waals surface area contributed by atoms with Crippen LogP contribution in [0.2, 0.25) is 0 Å². The molecule has 3 rings (SSSR count). The van der Waals surface area contributed by atoms with Crippen LogP contribution < -0.4 is 5.32 Å². The number of carbonyl (C=O) groups excluding carboxylic acids is 3. The summed E-state index contributed by atoms with van der Waals surface area (Å²) in [4.78, 5) is 41.0. The predicted molar refractivity (Wildman–Crippen MR) is 132 cm³/mol. The molecule has 34 heavy (non-hydrogen) atoms. The Morgan fingerprint density at radius 3 is 2.15 bits per heavy atom. The van der Waals surface area contributed by atoms with E-state index in [9.17, 15) is 14.4 Å². The molecule has 8 heteroatoms. The maximum Gasteiger partial charge on any atom is 0.331 e. The van der Waals surface area contributed by atoms with Crippen LogP contribution in [0.5, 0.6) is 0 Å². The normalized spacial score (nSPS) is 21.7. The number of carbonyl (C=O) groups is 3. The van der Waals surface area contributed by atoms with Gasteiger partial charge in [0, 0.05) is 5.56 Å². The number of thiocarbonyl (C=S) groups is 1. The zero-order valence-corrected chi connectivity index (χ0v) is 20.6. The first-order valence-electron chi connectivity index (χ1n) is 11.2. The number of ether oxygens (including phenoxy) is 2. The van der Waals surface area contributed by atoms with Gasteiger partial charge in [-0.2, -0.15) is 0 Å². The van der Waals surface area contributed by atoms with E-state index in [0.717, 1.165) is 5.56 Å². The molecule has 0 unspecified atom stereocenters. The van der Waals surface area contributed by atoms with Gasteiger partial charge in [-0.1, -0.05) is 62.4 Å². The molecule has 2 aromatic rings. The number of hydrogen-bond donors (Lipinski definition) is 1. The maximum atomic E-state index is 13.4. The third-order valence-electron chi connectivity index (χ3n) is 6.11. The molecular weight excluding hydrogens is 452 g/mol. The molecule has 0 spiro atoms. The van der Waals surface area contributed by atoms with Crippen LogP contribution in [0, 0.1) is 11.8 Å². The van der Waals surface area contributed by atoms with E-state index in [1.54, 1.807) is 29.2 Å². The molecular formula is C26H30N2O5S. The molecule has 1 aliphatic rings. The van der Waals surface area contributed by atoms with Crippen molar-refractivity contribution in [3.05, 3.63) is 71.8 Å². The van der Waals surface area contributed by atoms with E-state index in [0.29, 0.717) is 12.0 Å². The fourth-order valence-corrected chi connectivity index (χ4v) is 5.25. The van der Waals surface area contributed by atoms with Gasteiger partial charge in [-0.25, -0.2) is 4.79 Å². The topological polar surface area (TPSA) is 84.9 Å². The second-order valence-electron chi connectivity index (χ2n) is 8.81. The number of likely N-dealkylation sites (tertiary alicyclic amines) is 1. The molecule has 180 valence electrons. The van der Waals surface area contributed by atoms with Gasteiger partial charge in [0.15, 0.2) is 5.11 Å². The van der Waals surface area contributed by atoms with Crippen LogP contribution in [0.15, 0.2) is 60.7 Å². The standard InChI is InChI=1S/C26H30N2O5S/c1-17(2)15-26(24(31)33-4)16-20(23(30)32-3)21(18-11-7-5-8-12-18)28(26)25(34)27-22(29)19-13-9-6-10-14-19/h5-14,17,20-21H,15-16H2,1-4H3,(H,27,29,34)/t20-,21-,26-/m0/s1. The number of methoxy groups -OCH3 is 2. The minimum absolute atomic E-state index is 0.0557. The first kappa shape index (κ1) is 25.4. The number of nitrogens with zero attached hydrogens (tertiary/aromatic N) is 1. The summed E-state index contributed by atoms with van der Waals surface area (Å²) in [5.41, 5.74) is -0.0512. The monoisotopic (exact) mass is 482 g/mol. The summed E-state index contributed by atoms with van der Waals surface area (Å²) in [6.45, 7) is 3.97. The molecule has 1 saturated heterocycles. The highest BCUT2D eigenvalue weighted by Crippen LogP contribution is 2.50. The van der Waals surface area contributed by atoms with Crippen molar-refractivity contribution < 1.29 is 23.9 Å². The Hall–Kier alpha value is -3.26. The van der Waals surface area contributed by atoms with E-state index in [-0.39, 0.29) is 17.5 Å². The fourth-order valence-electron chi connectivity index (χ4n) is 4.87. The molecule has 1 aliphatic heterocycles. The van der Waals surface area contributed by atoms with Crippen molar-refractivity contribution in [2.75, 3.05) is 14.2 Å². The van der Waals surface area contributed by atoms with Crippen LogP contribution in [0.25, 0.3) is 0 Å². The second-order valence-corrected chi connectivity index (χ2v) is 9.19. The average molecular weight is 483 g/mol. The summed E-state index contributed by atoms with van der Waals surface area (Å²) < 4.78 is 10.4. The van der Waals surface area contributed by atoms with Gasteiger partial charge in [0.05, 0.1) is 26.2 Å². The Balaban J connectivity index is 2.15. The van der Waals surface area contributed by atoms with E-state index < -0.39 is 35.3 Å². The van der Waals surface area contributed by atoms with Crippen LogP contribution in [-0.2, 0) is 19.1 Å². The number of amides is 1. The molecule has 7 nitrogen and oxygen atoms in total. The molecule has 3 atom stereocenters. The van der Waals surface area contributed by atoms with Gasteiger partial charge in [0.25, 0.3) is 5.91 Å². The summed E-state index contributed by atoms with van der Waals surface area (Å²) >= 11 is 5.75. The first-order valence-corrected chi connectivity index (χ1v) is 11.6. The Kier molecular flexibility index (Phi) is 8.04. The lowest BCUT2D eigenvalue weighted by atomic mass is 9.83. The lowest BCUT2D eigenvalue weighted by Gasteiger charge is -2.41. The summed E-state index contributed by atoms with van der Waals surface area (Å²) in [5, 5.41) is 2.84. The minimum Gasteiger partial charge on any atom is -0.469 e. The minimum atomic E-state index is -1.26.